The summed E-state index contributed by atoms with van der Waals surface area (Å²) in [5.74, 6) is -1.13. The third kappa shape index (κ3) is 3.24. The summed E-state index contributed by atoms with van der Waals surface area (Å²) in [5.41, 5.74) is -0.422. The van der Waals surface area contributed by atoms with E-state index < -0.39 is 22.8 Å². The number of fused-ring (bicyclic) bond motifs is 1. The van der Waals surface area contributed by atoms with Crippen LogP contribution in [0.5, 0.6) is 0 Å². The predicted molar refractivity (Wildman–Crippen MR) is 92.9 cm³/mol. The number of benzene rings is 1. The molecule has 3 aromatic heterocycles. The van der Waals surface area contributed by atoms with Crippen molar-refractivity contribution in [2.45, 2.75) is 10.9 Å². The van der Waals surface area contributed by atoms with E-state index in [4.69, 9.17) is 0 Å². The number of rotatable bonds is 4. The molecule has 0 bridgehead atoms. The number of H-pyrrole nitrogens is 1. The lowest BCUT2D eigenvalue weighted by Crippen LogP contribution is -2.26. The van der Waals surface area contributed by atoms with Crippen LogP contribution in [0.4, 0.5) is 8.78 Å². The van der Waals surface area contributed by atoms with Crippen LogP contribution < -0.4 is 11.1 Å². The van der Waals surface area contributed by atoms with Gasteiger partial charge < -0.3 is 4.98 Å². The minimum Gasteiger partial charge on any atom is -0.324 e. The Balaban J connectivity index is 1.81. The van der Waals surface area contributed by atoms with E-state index in [1.54, 1.807) is 0 Å². The zero-order valence-electron chi connectivity index (χ0n) is 13.5. The van der Waals surface area contributed by atoms with E-state index in [2.05, 4.69) is 20.2 Å². The SMILES string of the molecule is O=c1cnc(-n2c(SCc3ccc(F)cc3F)nn3nccc3c2=O)c[nH]1. The van der Waals surface area contributed by atoms with E-state index in [1.165, 1.54) is 29.1 Å². The largest absolute Gasteiger partial charge is 0.324 e. The Labute approximate surface area is 153 Å². The Kier molecular flexibility index (Phi) is 4.28. The number of hydrogen-bond donors (Lipinski definition) is 1. The first-order chi connectivity index (χ1) is 13.0. The molecule has 1 N–H and O–H groups in total. The Morgan fingerprint density at radius 3 is 2.78 bits per heavy atom. The summed E-state index contributed by atoms with van der Waals surface area (Å²) < 4.78 is 29.3. The van der Waals surface area contributed by atoms with Gasteiger partial charge >= 0.3 is 0 Å². The molecule has 4 aromatic rings. The molecule has 0 spiro atoms. The third-order valence-corrected chi connectivity index (χ3v) is 4.65. The van der Waals surface area contributed by atoms with Gasteiger partial charge in [0.1, 0.15) is 11.6 Å². The predicted octanol–water partition coefficient (Wildman–Crippen LogP) is 1.53. The summed E-state index contributed by atoms with van der Waals surface area (Å²) in [7, 11) is 0. The van der Waals surface area contributed by atoms with Gasteiger partial charge in [0.05, 0.1) is 12.4 Å². The van der Waals surface area contributed by atoms with Crippen molar-refractivity contribution >= 4 is 17.3 Å². The molecule has 4 rings (SSSR count). The van der Waals surface area contributed by atoms with Gasteiger partial charge in [0, 0.05) is 18.0 Å². The van der Waals surface area contributed by atoms with Gasteiger partial charge in [-0.25, -0.2) is 18.3 Å². The lowest BCUT2D eigenvalue weighted by molar-refractivity contribution is 0.576. The van der Waals surface area contributed by atoms with Gasteiger partial charge in [0.15, 0.2) is 16.5 Å². The van der Waals surface area contributed by atoms with Crippen molar-refractivity contribution in [3.63, 3.8) is 0 Å². The minimum atomic E-state index is -0.696. The Bertz CT molecular complexity index is 1250. The zero-order valence-corrected chi connectivity index (χ0v) is 14.3. The second-order valence-corrected chi connectivity index (χ2v) is 6.37. The van der Waals surface area contributed by atoms with Crippen LogP contribution in [0.3, 0.4) is 0 Å². The van der Waals surface area contributed by atoms with E-state index in [1.807, 2.05) is 0 Å². The fraction of sp³-hybridized carbons (Fsp3) is 0.0625. The molecule has 1 aromatic carbocycles. The number of thioether (sulfide) groups is 1. The molecule has 8 nitrogen and oxygen atoms in total. The van der Waals surface area contributed by atoms with Gasteiger partial charge in [-0.1, -0.05) is 17.8 Å². The first kappa shape index (κ1) is 17.1. The number of aromatic nitrogens is 6. The lowest BCUT2D eigenvalue weighted by Gasteiger charge is -2.11. The van der Waals surface area contributed by atoms with Crippen LogP contribution in [-0.4, -0.2) is 29.4 Å². The maximum absolute atomic E-state index is 13.9. The molecule has 0 saturated heterocycles. The molecule has 0 amide bonds. The Morgan fingerprint density at radius 2 is 2.04 bits per heavy atom. The summed E-state index contributed by atoms with van der Waals surface area (Å²) in [4.78, 5) is 30.5. The third-order valence-electron chi connectivity index (χ3n) is 3.68. The molecular weight excluding hydrogens is 378 g/mol. The highest BCUT2D eigenvalue weighted by Crippen LogP contribution is 2.23. The summed E-state index contributed by atoms with van der Waals surface area (Å²) >= 11 is 1.05. The van der Waals surface area contributed by atoms with E-state index in [-0.39, 0.29) is 27.8 Å². The average molecular weight is 388 g/mol. The minimum absolute atomic E-state index is 0.0919. The zero-order chi connectivity index (χ0) is 19.0. The topological polar surface area (TPSA) is 97.9 Å². The van der Waals surface area contributed by atoms with Crippen LogP contribution in [0.2, 0.25) is 0 Å². The van der Waals surface area contributed by atoms with Gasteiger partial charge in [0.2, 0.25) is 0 Å². The van der Waals surface area contributed by atoms with Crippen molar-refractivity contribution in [3.8, 4) is 5.82 Å². The number of halogens is 2. The molecular formula is C16H10F2N6O2S. The molecule has 27 heavy (non-hydrogen) atoms. The van der Waals surface area contributed by atoms with E-state index >= 15 is 0 Å². The maximum Gasteiger partial charge on any atom is 0.286 e. The van der Waals surface area contributed by atoms with Crippen LogP contribution in [0.1, 0.15) is 5.56 Å². The summed E-state index contributed by atoms with van der Waals surface area (Å²) in [6, 6.07) is 4.76. The normalized spacial score (nSPS) is 11.2. The highest BCUT2D eigenvalue weighted by atomic mass is 32.2. The number of aromatic amines is 1. The maximum atomic E-state index is 13.9. The number of nitrogens with zero attached hydrogens (tertiary/aromatic N) is 5. The first-order valence-corrected chi connectivity index (χ1v) is 8.60. The Hall–Kier alpha value is -3.34. The van der Waals surface area contributed by atoms with Gasteiger partial charge in [-0.15, -0.1) is 9.73 Å². The van der Waals surface area contributed by atoms with Crippen LogP contribution >= 0.6 is 11.8 Å². The molecule has 0 unspecified atom stereocenters. The van der Waals surface area contributed by atoms with Crippen molar-refractivity contribution in [1.82, 2.24) is 29.4 Å². The second-order valence-electron chi connectivity index (χ2n) is 5.42. The van der Waals surface area contributed by atoms with Crippen molar-refractivity contribution in [1.29, 1.82) is 0 Å². The molecule has 3 heterocycles. The van der Waals surface area contributed by atoms with E-state index in [0.29, 0.717) is 0 Å². The fourth-order valence-corrected chi connectivity index (χ4v) is 3.35. The van der Waals surface area contributed by atoms with Gasteiger partial charge in [-0.3, -0.25) is 9.59 Å². The lowest BCUT2D eigenvalue weighted by atomic mass is 10.2. The summed E-state index contributed by atoms with van der Waals surface area (Å²) in [6.45, 7) is 0. The van der Waals surface area contributed by atoms with Crippen LogP contribution in [-0.2, 0) is 5.75 Å². The van der Waals surface area contributed by atoms with Gasteiger partial charge in [0.25, 0.3) is 11.1 Å². The number of hydrogen-bond acceptors (Lipinski definition) is 6. The summed E-state index contributed by atoms with van der Waals surface area (Å²) in [5, 5.41) is 8.39. The quantitative estimate of drug-likeness (QED) is 0.533. The molecule has 0 atom stereocenters. The van der Waals surface area contributed by atoms with E-state index in [0.717, 1.165) is 34.7 Å². The molecule has 0 fully saturated rings. The average Bonchev–Trinajstić information content (AvgIpc) is 3.11. The van der Waals surface area contributed by atoms with Gasteiger partial charge in [-0.05, 0) is 17.7 Å². The fourth-order valence-electron chi connectivity index (χ4n) is 2.39. The highest BCUT2D eigenvalue weighted by molar-refractivity contribution is 7.98. The van der Waals surface area contributed by atoms with Crippen LogP contribution in [0.15, 0.2) is 57.6 Å². The van der Waals surface area contributed by atoms with Crippen molar-refractivity contribution in [2.75, 3.05) is 0 Å². The van der Waals surface area contributed by atoms with Crippen molar-refractivity contribution in [2.24, 2.45) is 0 Å². The monoisotopic (exact) mass is 388 g/mol. The molecule has 136 valence electrons. The first-order valence-electron chi connectivity index (χ1n) is 7.62. The molecule has 0 saturated carbocycles. The van der Waals surface area contributed by atoms with E-state index in [9.17, 15) is 18.4 Å². The Morgan fingerprint density at radius 1 is 1.19 bits per heavy atom. The van der Waals surface area contributed by atoms with Crippen molar-refractivity contribution in [3.05, 3.63) is 80.8 Å². The second kappa shape index (κ2) is 6.76. The molecule has 0 aliphatic rings. The molecule has 0 radical (unpaired) electrons. The molecule has 11 heteroatoms. The van der Waals surface area contributed by atoms with Crippen LogP contribution in [0.25, 0.3) is 11.3 Å². The van der Waals surface area contributed by atoms with Crippen LogP contribution in [0, 0.1) is 11.6 Å². The number of nitrogens with one attached hydrogen (secondary N) is 1. The van der Waals surface area contributed by atoms with Gasteiger partial charge in [-0.2, -0.15) is 5.10 Å². The van der Waals surface area contributed by atoms with Crippen molar-refractivity contribution < 1.29 is 8.78 Å². The molecule has 0 aliphatic carbocycles. The summed E-state index contributed by atoms with van der Waals surface area (Å²) in [6.07, 6.45) is 3.74. The highest BCUT2D eigenvalue weighted by Gasteiger charge is 2.16. The smallest absolute Gasteiger partial charge is 0.286 e. The standard InChI is InChI=1S/C16H10F2N6O2S/c17-10-2-1-9(11(18)5-10)8-27-16-22-24-12(3-4-21-24)15(26)23(16)13-6-20-14(25)7-19-13/h1-7H,8H2,(H,20,25). The molecule has 0 aliphatic heterocycles.